The quantitative estimate of drug-likeness (QED) is 0.892. The Labute approximate surface area is 142 Å². The number of nitrogens with one attached hydrogen (secondary N) is 1. The van der Waals surface area contributed by atoms with E-state index >= 15 is 0 Å². The third-order valence-electron chi connectivity index (χ3n) is 4.80. The lowest BCUT2D eigenvalue weighted by atomic mass is 10.0. The molecule has 3 amide bonds. The molecule has 6 nitrogen and oxygen atoms in total. The highest BCUT2D eigenvalue weighted by molar-refractivity contribution is 5.80. The van der Waals surface area contributed by atoms with Crippen molar-refractivity contribution in [2.45, 2.75) is 38.5 Å². The van der Waals surface area contributed by atoms with E-state index in [1.54, 1.807) is 0 Å². The predicted molar refractivity (Wildman–Crippen MR) is 90.4 cm³/mol. The van der Waals surface area contributed by atoms with E-state index in [9.17, 15) is 9.59 Å². The van der Waals surface area contributed by atoms with Gasteiger partial charge in [0.25, 0.3) is 5.91 Å². The van der Waals surface area contributed by atoms with Crippen molar-refractivity contribution in [3.05, 3.63) is 35.9 Å². The van der Waals surface area contributed by atoms with Gasteiger partial charge >= 0.3 is 6.03 Å². The predicted octanol–water partition coefficient (Wildman–Crippen LogP) is 1.61. The Morgan fingerprint density at radius 1 is 1.25 bits per heavy atom. The maximum absolute atomic E-state index is 12.5. The van der Waals surface area contributed by atoms with Gasteiger partial charge in [0.1, 0.15) is 6.10 Å². The zero-order chi connectivity index (χ0) is 16.9. The van der Waals surface area contributed by atoms with E-state index in [1.807, 2.05) is 47.1 Å². The summed E-state index contributed by atoms with van der Waals surface area (Å²) in [7, 11) is 0. The summed E-state index contributed by atoms with van der Waals surface area (Å²) in [5.41, 5.74) is 1.07. The summed E-state index contributed by atoms with van der Waals surface area (Å²) in [5.74, 6) is 0.0373. The fourth-order valence-electron chi connectivity index (χ4n) is 3.36. The van der Waals surface area contributed by atoms with Gasteiger partial charge in [-0.25, -0.2) is 4.79 Å². The van der Waals surface area contributed by atoms with Crippen molar-refractivity contribution < 1.29 is 14.3 Å². The van der Waals surface area contributed by atoms with Gasteiger partial charge in [0, 0.05) is 32.2 Å². The first-order valence-electron chi connectivity index (χ1n) is 8.64. The van der Waals surface area contributed by atoms with E-state index in [0.717, 1.165) is 31.5 Å². The molecule has 2 saturated heterocycles. The van der Waals surface area contributed by atoms with Crippen molar-refractivity contribution in [2.75, 3.05) is 26.2 Å². The van der Waals surface area contributed by atoms with Crippen LogP contribution in [0.5, 0.6) is 0 Å². The number of urea groups is 1. The summed E-state index contributed by atoms with van der Waals surface area (Å²) in [4.78, 5) is 28.0. The number of ether oxygens (including phenoxy) is 1. The van der Waals surface area contributed by atoms with Crippen LogP contribution in [0.15, 0.2) is 30.3 Å². The van der Waals surface area contributed by atoms with Crippen LogP contribution in [-0.2, 0) is 16.1 Å². The molecular formula is C18H25N3O3. The molecule has 1 atom stereocenters. The summed E-state index contributed by atoms with van der Waals surface area (Å²) in [6.45, 7) is 5.12. The Morgan fingerprint density at radius 3 is 2.58 bits per heavy atom. The van der Waals surface area contributed by atoms with Crippen LogP contribution in [0, 0.1) is 0 Å². The second-order valence-electron chi connectivity index (χ2n) is 6.42. The first-order valence-corrected chi connectivity index (χ1v) is 8.64. The Kier molecular flexibility index (Phi) is 5.35. The molecule has 0 aliphatic carbocycles. The Balaban J connectivity index is 1.45. The Morgan fingerprint density at radius 2 is 1.96 bits per heavy atom. The molecule has 2 aliphatic heterocycles. The molecule has 0 bridgehead atoms. The Bertz CT molecular complexity index is 570. The van der Waals surface area contributed by atoms with Gasteiger partial charge in [-0.1, -0.05) is 30.3 Å². The lowest BCUT2D eigenvalue weighted by molar-refractivity contribution is -0.144. The summed E-state index contributed by atoms with van der Waals surface area (Å²) in [6, 6.07) is 10.1. The van der Waals surface area contributed by atoms with Crippen molar-refractivity contribution in [2.24, 2.45) is 0 Å². The van der Waals surface area contributed by atoms with E-state index in [4.69, 9.17) is 4.74 Å². The van der Waals surface area contributed by atoms with Crippen LogP contribution in [0.3, 0.4) is 0 Å². The SMILES string of the molecule is CC(OCc1ccccc1)C(=O)N1CCC(N2CCNC2=O)CC1. The zero-order valence-electron chi connectivity index (χ0n) is 14.1. The second-order valence-corrected chi connectivity index (χ2v) is 6.42. The fraction of sp³-hybridized carbons (Fsp3) is 0.556. The van der Waals surface area contributed by atoms with Crippen LogP contribution in [0.4, 0.5) is 4.79 Å². The molecule has 6 heteroatoms. The Hall–Kier alpha value is -2.08. The number of carbonyl (C=O) groups excluding carboxylic acids is 2. The maximum Gasteiger partial charge on any atom is 0.317 e. The molecule has 1 aromatic carbocycles. The van der Waals surface area contributed by atoms with Crippen molar-refractivity contribution in [3.63, 3.8) is 0 Å². The zero-order valence-corrected chi connectivity index (χ0v) is 14.1. The third-order valence-corrected chi connectivity index (χ3v) is 4.80. The lowest BCUT2D eigenvalue weighted by Crippen LogP contribution is -2.49. The van der Waals surface area contributed by atoms with Gasteiger partial charge in [-0.2, -0.15) is 0 Å². The molecule has 2 aliphatic rings. The van der Waals surface area contributed by atoms with Gasteiger partial charge in [-0.15, -0.1) is 0 Å². The largest absolute Gasteiger partial charge is 0.364 e. The van der Waals surface area contributed by atoms with Crippen LogP contribution in [0.2, 0.25) is 0 Å². The van der Waals surface area contributed by atoms with E-state index in [2.05, 4.69) is 5.32 Å². The van der Waals surface area contributed by atoms with Crippen LogP contribution in [0.1, 0.15) is 25.3 Å². The molecule has 0 saturated carbocycles. The average Bonchev–Trinajstić information content (AvgIpc) is 3.06. The number of hydrogen-bond donors (Lipinski definition) is 1. The fourth-order valence-corrected chi connectivity index (χ4v) is 3.36. The van der Waals surface area contributed by atoms with Gasteiger partial charge in [-0.3, -0.25) is 4.79 Å². The minimum Gasteiger partial charge on any atom is -0.364 e. The van der Waals surface area contributed by atoms with E-state index in [-0.39, 0.29) is 18.0 Å². The molecule has 24 heavy (non-hydrogen) atoms. The highest BCUT2D eigenvalue weighted by atomic mass is 16.5. The number of rotatable bonds is 5. The third kappa shape index (κ3) is 3.87. The van der Waals surface area contributed by atoms with Crippen LogP contribution >= 0.6 is 0 Å². The molecule has 1 unspecified atom stereocenters. The van der Waals surface area contributed by atoms with E-state index < -0.39 is 6.10 Å². The summed E-state index contributed by atoms with van der Waals surface area (Å²) in [5, 5.41) is 2.84. The average molecular weight is 331 g/mol. The molecule has 2 fully saturated rings. The molecular weight excluding hydrogens is 306 g/mol. The normalized spacial score (nSPS) is 20.1. The van der Waals surface area contributed by atoms with Gasteiger partial charge in [0.15, 0.2) is 0 Å². The van der Waals surface area contributed by atoms with Crippen LogP contribution in [0.25, 0.3) is 0 Å². The van der Waals surface area contributed by atoms with Crippen molar-refractivity contribution in [1.82, 2.24) is 15.1 Å². The number of benzene rings is 1. The molecule has 0 radical (unpaired) electrons. The molecule has 130 valence electrons. The lowest BCUT2D eigenvalue weighted by Gasteiger charge is -2.37. The first kappa shape index (κ1) is 16.8. The van der Waals surface area contributed by atoms with Gasteiger partial charge in [-0.05, 0) is 25.3 Å². The van der Waals surface area contributed by atoms with Crippen molar-refractivity contribution in [1.29, 1.82) is 0 Å². The van der Waals surface area contributed by atoms with Crippen molar-refractivity contribution in [3.8, 4) is 0 Å². The summed E-state index contributed by atoms with van der Waals surface area (Å²) in [6.07, 6.45) is 1.23. The van der Waals surface area contributed by atoms with Crippen LogP contribution < -0.4 is 5.32 Å². The highest BCUT2D eigenvalue weighted by Gasteiger charge is 2.33. The number of amides is 3. The molecule has 1 N–H and O–H groups in total. The van der Waals surface area contributed by atoms with Crippen LogP contribution in [-0.4, -0.2) is 60.1 Å². The molecule has 0 spiro atoms. The molecule has 0 aromatic heterocycles. The maximum atomic E-state index is 12.5. The number of likely N-dealkylation sites (tertiary alicyclic amines) is 1. The topological polar surface area (TPSA) is 61.9 Å². The first-order chi connectivity index (χ1) is 11.6. The number of carbonyl (C=O) groups is 2. The van der Waals surface area contributed by atoms with Gasteiger partial charge < -0.3 is 19.9 Å². The van der Waals surface area contributed by atoms with Gasteiger partial charge in [0.2, 0.25) is 0 Å². The van der Waals surface area contributed by atoms with Gasteiger partial charge in [0.05, 0.1) is 6.61 Å². The molecule has 1 aromatic rings. The standard InChI is InChI=1S/C18H25N3O3/c1-14(24-13-15-5-3-2-4-6-15)17(22)20-10-7-16(8-11-20)21-12-9-19-18(21)23/h2-6,14,16H,7-13H2,1H3,(H,19,23). The molecule has 3 rings (SSSR count). The molecule has 2 heterocycles. The van der Waals surface area contributed by atoms with E-state index in [1.165, 1.54) is 0 Å². The summed E-state index contributed by atoms with van der Waals surface area (Å²) < 4.78 is 5.72. The second kappa shape index (κ2) is 7.66. The smallest absolute Gasteiger partial charge is 0.317 e. The monoisotopic (exact) mass is 331 g/mol. The van der Waals surface area contributed by atoms with E-state index in [0.29, 0.717) is 19.7 Å². The highest BCUT2D eigenvalue weighted by Crippen LogP contribution is 2.19. The minimum atomic E-state index is -0.447. The number of piperidine rings is 1. The number of hydrogen-bond acceptors (Lipinski definition) is 3. The summed E-state index contributed by atoms with van der Waals surface area (Å²) >= 11 is 0. The number of nitrogens with zero attached hydrogens (tertiary/aromatic N) is 2. The minimum absolute atomic E-state index is 0.0272. The van der Waals surface area contributed by atoms with Crippen molar-refractivity contribution >= 4 is 11.9 Å².